The van der Waals surface area contributed by atoms with E-state index in [4.69, 9.17) is 15.2 Å². The van der Waals surface area contributed by atoms with E-state index in [-0.39, 0.29) is 11.8 Å². The highest BCUT2D eigenvalue weighted by Gasteiger charge is 2.21. The van der Waals surface area contributed by atoms with Gasteiger partial charge in [-0.1, -0.05) is 37.6 Å². The number of carbonyl (C=O) groups excluding carboxylic acids is 1. The number of benzene rings is 1. The second-order valence-electron chi connectivity index (χ2n) is 8.24. The van der Waals surface area contributed by atoms with E-state index in [0.29, 0.717) is 29.9 Å². The molecule has 1 saturated heterocycles. The largest absolute Gasteiger partial charge is 0.464 e. The molecule has 0 aliphatic carbocycles. The summed E-state index contributed by atoms with van der Waals surface area (Å²) in [5.74, 6) is -0.159. The normalized spacial score (nSPS) is 14.2. The molecule has 2 aromatic heterocycles. The molecule has 3 aromatic rings. The number of anilines is 1. The van der Waals surface area contributed by atoms with Crippen molar-refractivity contribution >= 4 is 22.8 Å². The van der Waals surface area contributed by atoms with E-state index in [1.165, 1.54) is 38.6 Å². The Morgan fingerprint density at radius 3 is 2.44 bits per heavy atom. The summed E-state index contributed by atoms with van der Waals surface area (Å²) >= 11 is 0. The first-order valence-corrected chi connectivity index (χ1v) is 11.3. The maximum atomic E-state index is 12.5. The molecule has 0 spiro atoms. The van der Waals surface area contributed by atoms with Crippen molar-refractivity contribution < 1.29 is 14.3 Å². The molecular formula is C24H31N5O3. The lowest BCUT2D eigenvalue weighted by atomic mass is 10.1. The van der Waals surface area contributed by atoms with Crippen LogP contribution in [0.15, 0.2) is 30.3 Å². The van der Waals surface area contributed by atoms with Crippen LogP contribution >= 0.6 is 0 Å². The zero-order valence-corrected chi connectivity index (χ0v) is 18.8. The average molecular weight is 438 g/mol. The van der Waals surface area contributed by atoms with E-state index < -0.39 is 5.97 Å². The monoisotopic (exact) mass is 437 g/mol. The minimum Gasteiger partial charge on any atom is -0.464 e. The lowest BCUT2D eigenvalue weighted by Gasteiger charge is -2.15. The van der Waals surface area contributed by atoms with E-state index in [1.54, 1.807) is 6.07 Å². The summed E-state index contributed by atoms with van der Waals surface area (Å²) in [5.41, 5.74) is 9.47. The molecule has 0 atom stereocenters. The Balaban J connectivity index is 1.63. The maximum Gasteiger partial charge on any atom is 0.354 e. The van der Waals surface area contributed by atoms with E-state index in [9.17, 15) is 4.79 Å². The van der Waals surface area contributed by atoms with Crippen molar-refractivity contribution in [1.29, 1.82) is 0 Å². The Hall–Kier alpha value is -3.13. The zero-order chi connectivity index (χ0) is 22.5. The fourth-order valence-corrected chi connectivity index (χ4v) is 4.06. The quantitative estimate of drug-likeness (QED) is 0.403. The third kappa shape index (κ3) is 4.85. The number of aromatic nitrogens is 3. The van der Waals surface area contributed by atoms with Crippen molar-refractivity contribution in [1.82, 2.24) is 19.4 Å². The van der Waals surface area contributed by atoms with Crippen LogP contribution in [0.25, 0.3) is 11.0 Å². The third-order valence-corrected chi connectivity index (χ3v) is 5.85. The zero-order valence-electron chi connectivity index (χ0n) is 18.8. The first kappa shape index (κ1) is 22.1. The van der Waals surface area contributed by atoms with Crippen molar-refractivity contribution in [3.05, 3.63) is 47.2 Å². The summed E-state index contributed by atoms with van der Waals surface area (Å²) in [6.45, 7) is 6.38. The van der Waals surface area contributed by atoms with Gasteiger partial charge in [0, 0.05) is 13.1 Å². The van der Waals surface area contributed by atoms with Crippen LogP contribution in [0, 0.1) is 0 Å². The number of fused-ring (bicyclic) bond motifs is 1. The smallest absolute Gasteiger partial charge is 0.354 e. The molecule has 4 rings (SSSR count). The average Bonchev–Trinajstić information content (AvgIpc) is 3.43. The number of hydrogen-bond acceptors (Lipinski definition) is 7. The number of ether oxygens (including phenoxy) is 2. The van der Waals surface area contributed by atoms with Crippen LogP contribution in [0.1, 0.15) is 54.2 Å². The molecule has 1 aliphatic heterocycles. The second kappa shape index (κ2) is 9.99. The van der Waals surface area contributed by atoms with Crippen molar-refractivity contribution in [3.8, 4) is 6.01 Å². The Bertz CT molecular complexity index is 1070. The van der Waals surface area contributed by atoms with Gasteiger partial charge < -0.3 is 19.8 Å². The Morgan fingerprint density at radius 2 is 1.78 bits per heavy atom. The Kier molecular flexibility index (Phi) is 6.90. The highest BCUT2D eigenvalue weighted by atomic mass is 16.5. The lowest BCUT2D eigenvalue weighted by molar-refractivity contribution is 0.0589. The number of rotatable bonds is 9. The van der Waals surface area contributed by atoms with Gasteiger partial charge in [-0.2, -0.15) is 9.97 Å². The molecule has 0 bridgehead atoms. The van der Waals surface area contributed by atoms with Crippen molar-refractivity contribution in [2.24, 2.45) is 0 Å². The summed E-state index contributed by atoms with van der Waals surface area (Å²) < 4.78 is 12.5. The lowest BCUT2D eigenvalue weighted by Crippen LogP contribution is -2.18. The highest BCUT2D eigenvalue weighted by molar-refractivity contribution is 5.98. The van der Waals surface area contributed by atoms with Crippen LogP contribution in [0.3, 0.4) is 0 Å². The molecule has 8 nitrogen and oxygen atoms in total. The molecule has 0 saturated carbocycles. The number of carbonyl (C=O) groups is 1. The molecule has 0 radical (unpaired) electrons. The van der Waals surface area contributed by atoms with Crippen LogP contribution in [0.2, 0.25) is 0 Å². The van der Waals surface area contributed by atoms with Crippen LogP contribution in [0.5, 0.6) is 6.01 Å². The van der Waals surface area contributed by atoms with E-state index in [1.807, 2.05) is 4.57 Å². The van der Waals surface area contributed by atoms with Gasteiger partial charge in [0.15, 0.2) is 0 Å². The first-order chi connectivity index (χ1) is 15.6. The molecule has 0 unspecified atom stereocenters. The van der Waals surface area contributed by atoms with Crippen LogP contribution in [-0.2, 0) is 17.8 Å². The fraction of sp³-hybridized carbons (Fsp3) is 0.458. The minimum absolute atomic E-state index is 0.222. The third-order valence-electron chi connectivity index (χ3n) is 5.85. The molecule has 1 aromatic carbocycles. The summed E-state index contributed by atoms with van der Waals surface area (Å²) in [5, 5.41) is 0.610. The van der Waals surface area contributed by atoms with Crippen LogP contribution in [0.4, 0.5) is 5.82 Å². The number of unbranched alkanes of at least 4 members (excludes halogenated alkanes) is 1. The van der Waals surface area contributed by atoms with Gasteiger partial charge in [-0.05, 0) is 49.5 Å². The van der Waals surface area contributed by atoms with Crippen molar-refractivity contribution in [3.63, 3.8) is 0 Å². The minimum atomic E-state index is -0.443. The second-order valence-corrected chi connectivity index (χ2v) is 8.24. The number of hydrogen-bond donors (Lipinski definition) is 1. The van der Waals surface area contributed by atoms with Gasteiger partial charge in [0.05, 0.1) is 19.1 Å². The number of nitrogens with two attached hydrogens (primary N) is 1. The Labute approximate surface area is 188 Å². The molecule has 32 heavy (non-hydrogen) atoms. The predicted molar refractivity (Wildman–Crippen MR) is 124 cm³/mol. The predicted octanol–water partition coefficient (Wildman–Crippen LogP) is 3.62. The van der Waals surface area contributed by atoms with Gasteiger partial charge >= 0.3 is 12.0 Å². The first-order valence-electron chi connectivity index (χ1n) is 11.3. The molecule has 2 N–H and O–H groups in total. The summed E-state index contributed by atoms with van der Waals surface area (Å²) in [7, 11) is 1.37. The van der Waals surface area contributed by atoms with Crippen LogP contribution < -0.4 is 10.5 Å². The Morgan fingerprint density at radius 1 is 1.09 bits per heavy atom. The van der Waals surface area contributed by atoms with Crippen molar-refractivity contribution in [2.45, 2.75) is 45.7 Å². The maximum absolute atomic E-state index is 12.5. The SMILES string of the molecule is CCCCOc1nc(N)c2cc(C(=O)OC)n(Cc3ccc(CN4CCCC4)cc3)c2n1. The summed E-state index contributed by atoms with van der Waals surface area (Å²) in [6.07, 6.45) is 4.47. The molecular weight excluding hydrogens is 406 g/mol. The number of likely N-dealkylation sites (tertiary alicyclic amines) is 1. The van der Waals surface area contributed by atoms with Gasteiger partial charge in [0.25, 0.3) is 0 Å². The summed E-state index contributed by atoms with van der Waals surface area (Å²) in [6, 6.07) is 10.4. The molecule has 8 heteroatoms. The van der Waals surface area contributed by atoms with Gasteiger partial charge in [0.2, 0.25) is 0 Å². The van der Waals surface area contributed by atoms with Gasteiger partial charge in [-0.15, -0.1) is 0 Å². The molecule has 1 fully saturated rings. The standard InChI is InChI=1S/C24H31N5O3/c1-3-4-13-32-24-26-21(25)19-14-20(23(30)31-2)29(22(19)27-24)16-18-9-7-17(8-10-18)15-28-11-5-6-12-28/h7-10,14H,3-6,11-13,15-16H2,1-2H3,(H2,25,26,27). The summed E-state index contributed by atoms with van der Waals surface area (Å²) in [4.78, 5) is 23.8. The fourth-order valence-electron chi connectivity index (χ4n) is 4.06. The van der Waals surface area contributed by atoms with Gasteiger partial charge in [0.1, 0.15) is 17.2 Å². The van der Waals surface area contributed by atoms with Crippen LogP contribution in [-0.4, -0.2) is 52.2 Å². The molecule has 0 amide bonds. The molecule has 3 heterocycles. The molecule has 1 aliphatic rings. The number of methoxy groups -OCH3 is 1. The number of esters is 1. The van der Waals surface area contributed by atoms with Crippen molar-refractivity contribution in [2.75, 3.05) is 32.5 Å². The number of nitrogen functional groups attached to an aromatic ring is 1. The van der Waals surface area contributed by atoms with Gasteiger partial charge in [-0.25, -0.2) is 4.79 Å². The van der Waals surface area contributed by atoms with E-state index in [2.05, 4.69) is 46.1 Å². The molecule has 170 valence electrons. The van der Waals surface area contributed by atoms with E-state index >= 15 is 0 Å². The van der Waals surface area contributed by atoms with Gasteiger partial charge in [-0.3, -0.25) is 4.90 Å². The van der Waals surface area contributed by atoms with E-state index in [0.717, 1.165) is 24.9 Å². The topological polar surface area (TPSA) is 95.5 Å². The number of nitrogens with zero attached hydrogens (tertiary/aromatic N) is 4. The highest BCUT2D eigenvalue weighted by Crippen LogP contribution is 2.26.